The molecule has 0 aliphatic heterocycles. The van der Waals surface area contributed by atoms with Crippen LogP contribution in [0.15, 0.2) is 18.2 Å². The molecule has 1 amide bonds. The van der Waals surface area contributed by atoms with E-state index in [-0.39, 0.29) is 22.7 Å². The molecule has 2 atom stereocenters. The van der Waals surface area contributed by atoms with Crippen molar-refractivity contribution < 1.29 is 24.6 Å². The van der Waals surface area contributed by atoms with Crippen molar-refractivity contribution in [1.29, 1.82) is 0 Å². The highest BCUT2D eigenvalue weighted by Gasteiger charge is 2.20. The number of hydrogen-bond acceptors (Lipinski definition) is 4. The van der Waals surface area contributed by atoms with Crippen LogP contribution in [-0.4, -0.2) is 34.1 Å². The Hall–Kier alpha value is -2.41. The Kier molecular flexibility index (Phi) is 5.43. The van der Waals surface area contributed by atoms with E-state index in [9.17, 15) is 14.4 Å². The molecule has 0 radical (unpaired) electrons. The molecule has 1 rings (SSSR count). The van der Waals surface area contributed by atoms with Crippen LogP contribution in [0.3, 0.4) is 0 Å². The van der Waals surface area contributed by atoms with Crippen molar-refractivity contribution in [2.24, 2.45) is 11.7 Å². The number of carboxylic acids is 2. The number of hydrogen-bond donors (Lipinski definition) is 4. The molecule has 1 aromatic carbocycles. The van der Waals surface area contributed by atoms with E-state index in [1.54, 1.807) is 0 Å². The molecule has 0 aromatic heterocycles. The van der Waals surface area contributed by atoms with Gasteiger partial charge < -0.3 is 21.3 Å². The lowest BCUT2D eigenvalue weighted by Crippen LogP contribution is -2.40. The normalized spacial score (nSPS) is 13.3. The highest BCUT2D eigenvalue weighted by molar-refractivity contribution is 5.99. The standard InChI is InChI=1S/C14H18N2O5/c1-3-7(2)11(15)12(17)16-10-5-8(13(18)19)4-9(6-10)14(20)21/h4-7,11H,3,15H2,1-2H3,(H,16,17)(H,18,19)(H,20,21)/t7-,11-/m0/s1. The summed E-state index contributed by atoms with van der Waals surface area (Å²) in [5.74, 6) is -3.09. The third kappa shape index (κ3) is 4.28. The van der Waals surface area contributed by atoms with E-state index in [1.165, 1.54) is 12.1 Å². The summed E-state index contributed by atoms with van der Waals surface area (Å²) in [4.78, 5) is 33.9. The Balaban J connectivity index is 3.05. The van der Waals surface area contributed by atoms with Gasteiger partial charge in [-0.05, 0) is 24.1 Å². The maximum atomic E-state index is 11.9. The van der Waals surface area contributed by atoms with E-state index in [0.717, 1.165) is 6.07 Å². The second kappa shape index (κ2) is 6.85. The average molecular weight is 294 g/mol. The molecular weight excluding hydrogens is 276 g/mol. The van der Waals surface area contributed by atoms with Gasteiger partial charge in [0.25, 0.3) is 0 Å². The van der Waals surface area contributed by atoms with E-state index >= 15 is 0 Å². The summed E-state index contributed by atoms with van der Waals surface area (Å²) in [7, 11) is 0. The molecule has 7 nitrogen and oxygen atoms in total. The van der Waals surface area contributed by atoms with E-state index in [1.807, 2.05) is 13.8 Å². The van der Waals surface area contributed by atoms with Gasteiger partial charge in [-0.3, -0.25) is 4.79 Å². The summed E-state index contributed by atoms with van der Waals surface area (Å²) in [6, 6.07) is 2.65. The Morgan fingerprint density at radius 1 is 1.14 bits per heavy atom. The molecule has 0 aliphatic carbocycles. The molecule has 114 valence electrons. The number of benzene rings is 1. The van der Waals surface area contributed by atoms with Gasteiger partial charge in [-0.1, -0.05) is 20.3 Å². The summed E-state index contributed by atoms with van der Waals surface area (Å²) in [5.41, 5.74) is 5.42. The monoisotopic (exact) mass is 294 g/mol. The third-order valence-electron chi connectivity index (χ3n) is 3.25. The predicted molar refractivity (Wildman–Crippen MR) is 76.4 cm³/mol. The molecule has 0 saturated carbocycles. The Morgan fingerprint density at radius 2 is 1.62 bits per heavy atom. The summed E-state index contributed by atoms with van der Waals surface area (Å²) < 4.78 is 0. The largest absolute Gasteiger partial charge is 0.478 e. The van der Waals surface area contributed by atoms with Gasteiger partial charge in [0.15, 0.2) is 0 Å². The van der Waals surface area contributed by atoms with Crippen LogP contribution in [0.5, 0.6) is 0 Å². The fraction of sp³-hybridized carbons (Fsp3) is 0.357. The molecule has 7 heteroatoms. The number of amides is 1. The Morgan fingerprint density at radius 3 is 2.00 bits per heavy atom. The minimum Gasteiger partial charge on any atom is -0.478 e. The van der Waals surface area contributed by atoms with Gasteiger partial charge in [0.05, 0.1) is 17.2 Å². The molecule has 5 N–H and O–H groups in total. The maximum absolute atomic E-state index is 11.9. The molecule has 0 heterocycles. The van der Waals surface area contributed by atoms with Crippen LogP contribution in [0, 0.1) is 5.92 Å². The highest BCUT2D eigenvalue weighted by atomic mass is 16.4. The number of aromatic carboxylic acids is 2. The molecule has 0 spiro atoms. The van der Waals surface area contributed by atoms with Crippen LogP contribution in [-0.2, 0) is 4.79 Å². The summed E-state index contributed by atoms with van der Waals surface area (Å²) in [5, 5.41) is 20.4. The van der Waals surface area contributed by atoms with Gasteiger partial charge in [-0.15, -0.1) is 0 Å². The first-order valence-electron chi connectivity index (χ1n) is 6.44. The van der Waals surface area contributed by atoms with Crippen LogP contribution in [0.25, 0.3) is 0 Å². The number of nitrogens with two attached hydrogens (primary N) is 1. The quantitative estimate of drug-likeness (QED) is 0.627. The second-order valence-corrected chi connectivity index (χ2v) is 4.81. The number of anilines is 1. The number of rotatable bonds is 6. The zero-order valence-corrected chi connectivity index (χ0v) is 11.8. The lowest BCUT2D eigenvalue weighted by molar-refractivity contribution is -0.118. The predicted octanol–water partition coefficient (Wildman–Crippen LogP) is 1.39. The maximum Gasteiger partial charge on any atom is 0.335 e. The summed E-state index contributed by atoms with van der Waals surface area (Å²) >= 11 is 0. The Labute approximate surface area is 121 Å². The van der Waals surface area contributed by atoms with Crippen molar-refractivity contribution in [2.45, 2.75) is 26.3 Å². The minimum atomic E-state index is -1.28. The molecule has 0 aliphatic rings. The van der Waals surface area contributed by atoms with E-state index < -0.39 is 23.9 Å². The van der Waals surface area contributed by atoms with Gasteiger partial charge in [0, 0.05) is 5.69 Å². The van der Waals surface area contributed by atoms with Gasteiger partial charge >= 0.3 is 11.9 Å². The average Bonchev–Trinajstić information content (AvgIpc) is 2.44. The lowest BCUT2D eigenvalue weighted by atomic mass is 9.99. The molecule has 21 heavy (non-hydrogen) atoms. The van der Waals surface area contributed by atoms with Crippen molar-refractivity contribution in [1.82, 2.24) is 0 Å². The van der Waals surface area contributed by atoms with E-state index in [4.69, 9.17) is 15.9 Å². The molecule has 0 saturated heterocycles. The molecule has 0 fully saturated rings. The van der Waals surface area contributed by atoms with Crippen LogP contribution in [0.1, 0.15) is 41.0 Å². The third-order valence-corrected chi connectivity index (χ3v) is 3.25. The summed E-state index contributed by atoms with van der Waals surface area (Å²) in [6.07, 6.45) is 0.712. The fourth-order valence-corrected chi connectivity index (χ4v) is 1.68. The van der Waals surface area contributed by atoms with Crippen LogP contribution in [0.2, 0.25) is 0 Å². The Bertz CT molecular complexity index is 538. The smallest absolute Gasteiger partial charge is 0.335 e. The fourth-order valence-electron chi connectivity index (χ4n) is 1.68. The zero-order chi connectivity index (χ0) is 16.2. The first-order valence-corrected chi connectivity index (χ1v) is 6.44. The van der Waals surface area contributed by atoms with Gasteiger partial charge in [-0.2, -0.15) is 0 Å². The van der Waals surface area contributed by atoms with Crippen molar-refractivity contribution in [3.05, 3.63) is 29.3 Å². The van der Waals surface area contributed by atoms with Crippen molar-refractivity contribution in [3.63, 3.8) is 0 Å². The summed E-state index contributed by atoms with van der Waals surface area (Å²) in [6.45, 7) is 3.71. The van der Waals surface area contributed by atoms with Gasteiger partial charge in [0.1, 0.15) is 0 Å². The van der Waals surface area contributed by atoms with Crippen LogP contribution < -0.4 is 11.1 Å². The van der Waals surface area contributed by atoms with E-state index in [0.29, 0.717) is 6.42 Å². The van der Waals surface area contributed by atoms with E-state index in [2.05, 4.69) is 5.32 Å². The number of carbonyl (C=O) groups is 3. The SMILES string of the molecule is CC[C@H](C)[C@H](N)C(=O)Nc1cc(C(=O)O)cc(C(=O)O)c1. The first kappa shape index (κ1) is 16.6. The van der Waals surface area contributed by atoms with Crippen molar-refractivity contribution in [3.8, 4) is 0 Å². The van der Waals surface area contributed by atoms with Crippen LogP contribution >= 0.6 is 0 Å². The second-order valence-electron chi connectivity index (χ2n) is 4.81. The highest BCUT2D eigenvalue weighted by Crippen LogP contribution is 2.17. The molecule has 0 bridgehead atoms. The molecular formula is C14H18N2O5. The van der Waals surface area contributed by atoms with Crippen LogP contribution in [0.4, 0.5) is 5.69 Å². The molecule has 1 aromatic rings. The number of carboxylic acid groups (broad SMARTS) is 2. The number of nitrogens with one attached hydrogen (secondary N) is 1. The van der Waals surface area contributed by atoms with Gasteiger partial charge in [-0.25, -0.2) is 9.59 Å². The number of carbonyl (C=O) groups excluding carboxylic acids is 1. The molecule has 0 unspecified atom stereocenters. The van der Waals surface area contributed by atoms with Crippen molar-refractivity contribution >= 4 is 23.5 Å². The lowest BCUT2D eigenvalue weighted by Gasteiger charge is -2.18. The minimum absolute atomic E-state index is 0.0494. The zero-order valence-electron chi connectivity index (χ0n) is 11.8. The first-order chi connectivity index (χ1) is 9.76. The van der Waals surface area contributed by atoms with Gasteiger partial charge in [0.2, 0.25) is 5.91 Å². The van der Waals surface area contributed by atoms with Crippen molar-refractivity contribution in [2.75, 3.05) is 5.32 Å². The topological polar surface area (TPSA) is 130 Å².